The molecule has 1 amide bonds. The fourth-order valence-electron chi connectivity index (χ4n) is 2.71. The molecule has 2 aromatic heterocycles. The molecule has 0 saturated heterocycles. The second-order valence-corrected chi connectivity index (χ2v) is 8.09. The molecule has 4 rings (SSSR count). The van der Waals surface area contributed by atoms with Crippen LogP contribution in [0.2, 0.25) is 0 Å². The van der Waals surface area contributed by atoms with Crippen LogP contribution in [0, 0.1) is 6.92 Å². The molecule has 1 N–H and O–H groups in total. The first-order valence-electron chi connectivity index (χ1n) is 7.49. The van der Waals surface area contributed by atoms with Crippen molar-refractivity contribution in [2.45, 2.75) is 18.4 Å². The number of amides is 1. The maximum Gasteiger partial charge on any atom is 0.266 e. The summed E-state index contributed by atoms with van der Waals surface area (Å²) in [6, 6.07) is 11.6. The standard InChI is InChI=1S/C17H15N3O2S2/c1-11-4-6-12(7-5-11)20-16(13-9-24(22)10-14(13)19-20)18-17(21)15-3-2-8-23-15/h2-8H,9-10H2,1H3,(H,18,21)/t24-/m0/s1. The van der Waals surface area contributed by atoms with Gasteiger partial charge in [-0.2, -0.15) is 5.10 Å². The summed E-state index contributed by atoms with van der Waals surface area (Å²) in [6.07, 6.45) is 0. The Morgan fingerprint density at radius 1 is 1.25 bits per heavy atom. The molecule has 5 nitrogen and oxygen atoms in total. The summed E-state index contributed by atoms with van der Waals surface area (Å²) in [6.45, 7) is 2.02. The summed E-state index contributed by atoms with van der Waals surface area (Å²) in [4.78, 5) is 13.1. The smallest absolute Gasteiger partial charge is 0.266 e. The maximum atomic E-state index is 12.5. The van der Waals surface area contributed by atoms with Crippen molar-refractivity contribution in [2.24, 2.45) is 0 Å². The number of anilines is 1. The minimum absolute atomic E-state index is 0.168. The Bertz CT molecular complexity index is 928. The lowest BCUT2D eigenvalue weighted by atomic mass is 10.2. The minimum atomic E-state index is -0.943. The van der Waals surface area contributed by atoms with Gasteiger partial charge in [-0.15, -0.1) is 11.3 Å². The van der Waals surface area contributed by atoms with Crippen LogP contribution in [0.25, 0.3) is 5.69 Å². The molecule has 0 fully saturated rings. The second kappa shape index (κ2) is 5.99. The lowest BCUT2D eigenvalue weighted by Gasteiger charge is -2.10. The van der Waals surface area contributed by atoms with Gasteiger partial charge >= 0.3 is 0 Å². The summed E-state index contributed by atoms with van der Waals surface area (Å²) >= 11 is 1.39. The predicted octanol–water partition coefficient (Wildman–Crippen LogP) is 3.26. The van der Waals surface area contributed by atoms with Gasteiger partial charge in [0.15, 0.2) is 0 Å². The van der Waals surface area contributed by atoms with Crippen molar-refractivity contribution in [3.63, 3.8) is 0 Å². The van der Waals surface area contributed by atoms with Crippen molar-refractivity contribution in [3.05, 3.63) is 63.5 Å². The number of nitrogens with zero attached hydrogens (tertiary/aromatic N) is 2. The second-order valence-electron chi connectivity index (χ2n) is 5.68. The number of rotatable bonds is 3. The Kier molecular flexibility index (Phi) is 3.82. The van der Waals surface area contributed by atoms with E-state index in [1.165, 1.54) is 11.3 Å². The SMILES string of the molecule is Cc1ccc(-n2nc3c(c2NC(=O)c2cccs2)C[S@](=O)C3)cc1. The molecule has 0 saturated carbocycles. The van der Waals surface area contributed by atoms with Crippen LogP contribution in [-0.2, 0) is 22.3 Å². The predicted molar refractivity (Wildman–Crippen MR) is 96.1 cm³/mol. The zero-order valence-electron chi connectivity index (χ0n) is 13.0. The Morgan fingerprint density at radius 3 is 2.75 bits per heavy atom. The number of aryl methyl sites for hydroxylation is 1. The fraction of sp³-hybridized carbons (Fsp3) is 0.176. The van der Waals surface area contributed by atoms with E-state index in [9.17, 15) is 9.00 Å². The van der Waals surface area contributed by atoms with Gasteiger partial charge in [-0.05, 0) is 30.5 Å². The minimum Gasteiger partial charge on any atom is -0.305 e. The van der Waals surface area contributed by atoms with Gasteiger partial charge < -0.3 is 5.32 Å². The average molecular weight is 357 g/mol. The zero-order valence-corrected chi connectivity index (χ0v) is 14.6. The van der Waals surface area contributed by atoms with Crippen LogP contribution >= 0.6 is 11.3 Å². The van der Waals surface area contributed by atoms with Crippen LogP contribution in [0.1, 0.15) is 26.5 Å². The molecule has 122 valence electrons. The number of nitrogens with one attached hydrogen (secondary N) is 1. The van der Waals surface area contributed by atoms with Gasteiger partial charge in [-0.25, -0.2) is 4.68 Å². The van der Waals surface area contributed by atoms with Gasteiger partial charge in [0.25, 0.3) is 5.91 Å². The highest BCUT2D eigenvalue weighted by Gasteiger charge is 2.28. The average Bonchev–Trinajstić information content (AvgIpc) is 3.26. The monoisotopic (exact) mass is 357 g/mol. The number of fused-ring (bicyclic) bond motifs is 1. The van der Waals surface area contributed by atoms with E-state index in [2.05, 4.69) is 10.4 Å². The van der Waals surface area contributed by atoms with Crippen LogP contribution in [0.4, 0.5) is 5.82 Å². The number of aromatic nitrogens is 2. The third-order valence-corrected chi connectivity index (χ3v) is 6.00. The molecular formula is C17H15N3O2S2. The van der Waals surface area contributed by atoms with Crippen molar-refractivity contribution < 1.29 is 9.00 Å². The summed E-state index contributed by atoms with van der Waals surface area (Å²) in [5.74, 6) is 1.33. The van der Waals surface area contributed by atoms with Crippen molar-refractivity contribution in [2.75, 3.05) is 5.32 Å². The van der Waals surface area contributed by atoms with E-state index in [0.29, 0.717) is 22.2 Å². The van der Waals surface area contributed by atoms with Gasteiger partial charge in [0, 0.05) is 16.4 Å². The number of hydrogen-bond acceptors (Lipinski definition) is 4. The number of hydrogen-bond donors (Lipinski definition) is 1. The van der Waals surface area contributed by atoms with Crippen LogP contribution in [0.5, 0.6) is 0 Å². The van der Waals surface area contributed by atoms with Crippen LogP contribution in [0.3, 0.4) is 0 Å². The van der Waals surface area contributed by atoms with E-state index in [0.717, 1.165) is 22.5 Å². The highest BCUT2D eigenvalue weighted by atomic mass is 32.2. The lowest BCUT2D eigenvalue weighted by Crippen LogP contribution is -2.15. The summed E-state index contributed by atoms with van der Waals surface area (Å²) in [5.41, 5.74) is 3.71. The van der Waals surface area contributed by atoms with Gasteiger partial charge in [0.2, 0.25) is 0 Å². The molecule has 7 heteroatoms. The number of thiophene rings is 1. The Morgan fingerprint density at radius 2 is 2.04 bits per heavy atom. The third kappa shape index (κ3) is 2.70. The zero-order chi connectivity index (χ0) is 16.7. The molecule has 0 aliphatic carbocycles. The first-order valence-corrected chi connectivity index (χ1v) is 9.86. The molecule has 24 heavy (non-hydrogen) atoms. The molecule has 1 aromatic carbocycles. The van der Waals surface area contributed by atoms with Gasteiger partial charge in [-0.3, -0.25) is 9.00 Å². The largest absolute Gasteiger partial charge is 0.305 e. The van der Waals surface area contributed by atoms with E-state index in [1.807, 2.05) is 42.6 Å². The van der Waals surface area contributed by atoms with E-state index in [1.54, 1.807) is 10.7 Å². The number of carbonyl (C=O) groups is 1. The fourth-order valence-corrected chi connectivity index (χ4v) is 4.59. The third-order valence-electron chi connectivity index (χ3n) is 3.93. The van der Waals surface area contributed by atoms with Crippen LogP contribution in [0.15, 0.2) is 41.8 Å². The Labute approximate surface area is 145 Å². The summed E-state index contributed by atoms with van der Waals surface area (Å²) < 4.78 is 13.6. The van der Waals surface area contributed by atoms with Crippen molar-refractivity contribution in [3.8, 4) is 5.69 Å². The Hall–Kier alpha value is -2.25. The normalized spacial score (nSPS) is 16.1. The number of carbonyl (C=O) groups excluding carboxylic acids is 1. The highest BCUT2D eigenvalue weighted by Crippen LogP contribution is 2.31. The first-order chi connectivity index (χ1) is 11.6. The molecule has 3 aromatic rings. The molecular weight excluding hydrogens is 342 g/mol. The van der Waals surface area contributed by atoms with Crippen molar-refractivity contribution in [1.82, 2.24) is 9.78 Å². The maximum absolute atomic E-state index is 12.5. The first kappa shape index (κ1) is 15.3. The van der Waals surface area contributed by atoms with Gasteiger partial charge in [0.05, 0.1) is 27.8 Å². The molecule has 0 bridgehead atoms. The molecule has 1 aliphatic rings. The topological polar surface area (TPSA) is 64.0 Å². The molecule has 3 heterocycles. The molecule has 1 aliphatic heterocycles. The number of benzene rings is 1. The van der Waals surface area contributed by atoms with Crippen LogP contribution < -0.4 is 5.32 Å². The molecule has 1 atom stereocenters. The van der Waals surface area contributed by atoms with E-state index < -0.39 is 10.8 Å². The van der Waals surface area contributed by atoms with Crippen molar-refractivity contribution >= 4 is 33.9 Å². The summed E-state index contributed by atoms with van der Waals surface area (Å²) in [5, 5.41) is 9.42. The van der Waals surface area contributed by atoms with Crippen molar-refractivity contribution in [1.29, 1.82) is 0 Å². The lowest BCUT2D eigenvalue weighted by molar-refractivity contribution is 0.102. The van der Waals surface area contributed by atoms with E-state index >= 15 is 0 Å². The van der Waals surface area contributed by atoms with Gasteiger partial charge in [-0.1, -0.05) is 23.8 Å². The molecule has 0 spiro atoms. The Balaban J connectivity index is 1.77. The molecule has 0 unspecified atom stereocenters. The van der Waals surface area contributed by atoms with E-state index in [-0.39, 0.29) is 5.91 Å². The molecule has 0 radical (unpaired) electrons. The quantitative estimate of drug-likeness (QED) is 0.782. The summed E-state index contributed by atoms with van der Waals surface area (Å²) in [7, 11) is -0.943. The van der Waals surface area contributed by atoms with E-state index in [4.69, 9.17) is 0 Å². The van der Waals surface area contributed by atoms with Gasteiger partial charge in [0.1, 0.15) is 5.82 Å². The highest BCUT2D eigenvalue weighted by molar-refractivity contribution is 7.83. The van der Waals surface area contributed by atoms with Crippen LogP contribution in [-0.4, -0.2) is 19.9 Å².